The van der Waals surface area contributed by atoms with Gasteiger partial charge in [0.05, 0.1) is 18.4 Å². The summed E-state index contributed by atoms with van der Waals surface area (Å²) < 4.78 is 10.7. The van der Waals surface area contributed by atoms with Crippen LogP contribution in [0.4, 0.5) is 15.3 Å². The highest BCUT2D eigenvalue weighted by Gasteiger charge is 2.30. The first-order chi connectivity index (χ1) is 16.0. The molecule has 3 amide bonds. The molecule has 0 spiro atoms. The van der Waals surface area contributed by atoms with Crippen LogP contribution in [0.15, 0.2) is 11.0 Å². The second kappa shape index (κ2) is 10.9. The SMILES string of the molecule is CC(C)(C)OC(=O)NCC(=O)N1CCC(NC(=O)OC2CCN(c3cn[nH]c(=O)c3Cl)C2)CC1. The van der Waals surface area contributed by atoms with E-state index < -0.39 is 23.3 Å². The van der Waals surface area contributed by atoms with E-state index in [2.05, 4.69) is 20.8 Å². The monoisotopic (exact) mass is 498 g/mol. The number of nitrogens with one attached hydrogen (secondary N) is 3. The molecule has 13 heteroatoms. The smallest absolute Gasteiger partial charge is 0.408 e. The number of carbonyl (C=O) groups excluding carboxylic acids is 3. The van der Waals surface area contributed by atoms with Gasteiger partial charge in [0.2, 0.25) is 5.91 Å². The van der Waals surface area contributed by atoms with Crippen LogP contribution < -0.4 is 21.1 Å². The van der Waals surface area contributed by atoms with Gasteiger partial charge in [-0.25, -0.2) is 14.7 Å². The van der Waals surface area contributed by atoms with Crippen LogP contribution in [0.1, 0.15) is 40.0 Å². The molecule has 12 nitrogen and oxygen atoms in total. The highest BCUT2D eigenvalue weighted by atomic mass is 35.5. The van der Waals surface area contributed by atoms with Gasteiger partial charge in [0, 0.05) is 32.1 Å². The van der Waals surface area contributed by atoms with E-state index in [1.807, 2.05) is 4.90 Å². The van der Waals surface area contributed by atoms with Crippen LogP contribution in [0, 0.1) is 0 Å². The normalized spacial score (nSPS) is 19.0. The van der Waals surface area contributed by atoms with E-state index in [1.54, 1.807) is 25.7 Å². The van der Waals surface area contributed by atoms with E-state index in [0.717, 1.165) is 0 Å². The molecule has 0 radical (unpaired) electrons. The number of ether oxygens (including phenoxy) is 2. The van der Waals surface area contributed by atoms with E-state index in [1.165, 1.54) is 6.20 Å². The van der Waals surface area contributed by atoms with Crippen molar-refractivity contribution in [3.05, 3.63) is 21.6 Å². The summed E-state index contributed by atoms with van der Waals surface area (Å²) in [5.74, 6) is -0.203. The molecular formula is C21H31ClN6O6. The predicted octanol–water partition coefficient (Wildman–Crippen LogP) is 1.24. The summed E-state index contributed by atoms with van der Waals surface area (Å²) in [4.78, 5) is 51.5. The van der Waals surface area contributed by atoms with Crippen molar-refractivity contribution in [2.75, 3.05) is 37.6 Å². The maximum atomic E-state index is 12.4. The fourth-order valence-corrected chi connectivity index (χ4v) is 4.05. The number of nitrogens with zero attached hydrogens (tertiary/aromatic N) is 3. The minimum absolute atomic E-state index is 0.0581. The van der Waals surface area contributed by atoms with Gasteiger partial charge in [-0.2, -0.15) is 5.10 Å². The van der Waals surface area contributed by atoms with Crippen LogP contribution in [-0.2, 0) is 14.3 Å². The quantitative estimate of drug-likeness (QED) is 0.549. The third-order valence-corrected chi connectivity index (χ3v) is 5.85. The van der Waals surface area contributed by atoms with Gasteiger partial charge in [-0.15, -0.1) is 0 Å². The molecule has 0 aromatic carbocycles. The highest BCUT2D eigenvalue weighted by molar-refractivity contribution is 6.33. The van der Waals surface area contributed by atoms with Crippen molar-refractivity contribution in [3.63, 3.8) is 0 Å². The number of alkyl carbamates (subject to hydrolysis) is 2. The molecule has 2 aliphatic heterocycles. The minimum atomic E-state index is -0.636. The lowest BCUT2D eigenvalue weighted by atomic mass is 10.1. The second-order valence-corrected chi connectivity index (χ2v) is 9.69. The summed E-state index contributed by atoms with van der Waals surface area (Å²) in [5, 5.41) is 11.4. The average molecular weight is 499 g/mol. The molecule has 34 heavy (non-hydrogen) atoms. The number of likely N-dealkylation sites (tertiary alicyclic amines) is 1. The van der Waals surface area contributed by atoms with E-state index >= 15 is 0 Å². The molecule has 3 N–H and O–H groups in total. The van der Waals surface area contributed by atoms with Gasteiger partial charge in [0.15, 0.2) is 0 Å². The molecule has 3 heterocycles. The molecule has 1 aromatic rings. The largest absolute Gasteiger partial charge is 0.444 e. The average Bonchev–Trinajstić information content (AvgIpc) is 3.21. The molecule has 2 aliphatic rings. The summed E-state index contributed by atoms with van der Waals surface area (Å²) in [7, 11) is 0. The fourth-order valence-electron chi connectivity index (χ4n) is 3.84. The predicted molar refractivity (Wildman–Crippen MR) is 124 cm³/mol. The molecule has 0 aliphatic carbocycles. The standard InChI is InChI=1S/C21H31ClN6O6/c1-21(2,3)34-19(31)23-11-16(29)27-7-4-13(5-8-27)25-20(32)33-14-6-9-28(12-14)15-10-24-26-18(30)17(15)22/h10,13-14H,4-9,11-12H2,1-3H3,(H,23,31)(H,25,32)(H,26,30). The van der Waals surface area contributed by atoms with E-state index in [4.69, 9.17) is 21.1 Å². The number of aromatic nitrogens is 2. The number of hydrogen-bond donors (Lipinski definition) is 3. The Balaban J connectivity index is 1.36. The topological polar surface area (TPSA) is 146 Å². The molecule has 3 rings (SSSR count). The number of anilines is 1. The molecule has 1 unspecified atom stereocenters. The first-order valence-electron chi connectivity index (χ1n) is 11.2. The lowest BCUT2D eigenvalue weighted by molar-refractivity contribution is -0.131. The number of carbonyl (C=O) groups is 3. The van der Waals surface area contributed by atoms with Gasteiger partial charge in [-0.1, -0.05) is 11.6 Å². The Morgan fingerprint density at radius 2 is 1.88 bits per heavy atom. The third-order valence-electron chi connectivity index (χ3n) is 5.49. The summed E-state index contributed by atoms with van der Waals surface area (Å²) in [6.45, 7) is 7.03. The van der Waals surface area contributed by atoms with Gasteiger partial charge in [0.25, 0.3) is 5.56 Å². The molecule has 188 valence electrons. The van der Waals surface area contributed by atoms with Crippen LogP contribution in [-0.4, -0.2) is 83.7 Å². The zero-order valence-electron chi connectivity index (χ0n) is 19.6. The lowest BCUT2D eigenvalue weighted by Gasteiger charge is -2.32. The van der Waals surface area contributed by atoms with Gasteiger partial charge in [-0.3, -0.25) is 9.59 Å². The Morgan fingerprint density at radius 3 is 2.56 bits per heavy atom. The van der Waals surface area contributed by atoms with Crippen LogP contribution >= 0.6 is 11.6 Å². The lowest BCUT2D eigenvalue weighted by Crippen LogP contribution is -2.49. The number of halogens is 1. The molecule has 2 fully saturated rings. The van der Waals surface area contributed by atoms with Crippen LogP contribution in [0.3, 0.4) is 0 Å². The fraction of sp³-hybridized carbons (Fsp3) is 0.667. The van der Waals surface area contributed by atoms with Crippen LogP contribution in [0.5, 0.6) is 0 Å². The van der Waals surface area contributed by atoms with E-state index in [0.29, 0.717) is 51.1 Å². The van der Waals surface area contributed by atoms with Crippen molar-refractivity contribution < 1.29 is 23.9 Å². The Labute approximate surface area is 202 Å². The zero-order valence-corrected chi connectivity index (χ0v) is 20.3. The van der Waals surface area contributed by atoms with Gasteiger partial charge >= 0.3 is 12.2 Å². The highest BCUT2D eigenvalue weighted by Crippen LogP contribution is 2.25. The minimum Gasteiger partial charge on any atom is -0.444 e. The maximum Gasteiger partial charge on any atom is 0.408 e. The molecule has 0 saturated carbocycles. The Hall–Kier alpha value is -3.02. The molecule has 2 saturated heterocycles. The number of aromatic amines is 1. The van der Waals surface area contributed by atoms with Crippen molar-refractivity contribution in [3.8, 4) is 0 Å². The first-order valence-corrected chi connectivity index (χ1v) is 11.6. The van der Waals surface area contributed by atoms with E-state index in [9.17, 15) is 19.2 Å². The van der Waals surface area contributed by atoms with E-state index in [-0.39, 0.29) is 29.6 Å². The van der Waals surface area contributed by atoms with Crippen molar-refractivity contribution in [1.29, 1.82) is 0 Å². The molecule has 1 aromatic heterocycles. The number of piperidine rings is 1. The summed E-state index contributed by atoms with van der Waals surface area (Å²) in [6.07, 6.45) is 1.76. The van der Waals surface area contributed by atoms with Gasteiger partial charge < -0.3 is 29.9 Å². The first kappa shape index (κ1) is 25.6. The number of hydrogen-bond acceptors (Lipinski definition) is 8. The number of amides is 3. The van der Waals surface area contributed by atoms with Crippen molar-refractivity contribution >= 4 is 35.4 Å². The molecule has 1 atom stereocenters. The number of H-pyrrole nitrogens is 1. The van der Waals surface area contributed by atoms with Crippen molar-refractivity contribution in [1.82, 2.24) is 25.7 Å². The Morgan fingerprint density at radius 1 is 1.18 bits per heavy atom. The second-order valence-electron chi connectivity index (χ2n) is 9.32. The number of rotatable bonds is 5. The third kappa shape index (κ3) is 7.24. The zero-order chi connectivity index (χ0) is 24.9. The van der Waals surface area contributed by atoms with Crippen molar-refractivity contribution in [2.45, 2.75) is 57.8 Å². The Kier molecular flexibility index (Phi) is 8.24. The van der Waals surface area contributed by atoms with Gasteiger partial charge in [-0.05, 0) is 33.6 Å². The Bertz CT molecular complexity index is 956. The maximum absolute atomic E-state index is 12.4. The van der Waals surface area contributed by atoms with Crippen LogP contribution in [0.2, 0.25) is 5.02 Å². The molecule has 0 bridgehead atoms. The van der Waals surface area contributed by atoms with Gasteiger partial charge in [0.1, 0.15) is 23.3 Å². The summed E-state index contributed by atoms with van der Waals surface area (Å²) >= 11 is 6.05. The summed E-state index contributed by atoms with van der Waals surface area (Å²) in [6, 6.07) is -0.112. The van der Waals surface area contributed by atoms with Crippen molar-refractivity contribution in [2.24, 2.45) is 0 Å². The molecular weight excluding hydrogens is 468 g/mol. The summed E-state index contributed by atoms with van der Waals surface area (Å²) in [5.41, 5.74) is -0.588. The van der Waals surface area contributed by atoms with Crippen LogP contribution in [0.25, 0.3) is 0 Å².